The summed E-state index contributed by atoms with van der Waals surface area (Å²) >= 11 is 0. The number of aromatic nitrogens is 2. The number of nitrogens with zero attached hydrogens (tertiary/aromatic N) is 4. The van der Waals surface area contributed by atoms with Gasteiger partial charge in [-0.25, -0.2) is 4.85 Å². The lowest BCUT2D eigenvalue weighted by Gasteiger charge is -2.05. The highest BCUT2D eigenvalue weighted by Crippen LogP contribution is 2.39. The zero-order valence-corrected chi connectivity index (χ0v) is 13.8. The zero-order valence-electron chi connectivity index (χ0n) is 13.8. The third kappa shape index (κ3) is 1.90. The van der Waals surface area contributed by atoms with E-state index in [0.717, 1.165) is 34.3 Å². The summed E-state index contributed by atoms with van der Waals surface area (Å²) in [4.78, 5) is 7.21. The minimum atomic E-state index is 0.404. The fourth-order valence-electron chi connectivity index (χ4n) is 3.71. The van der Waals surface area contributed by atoms with Crippen molar-refractivity contribution in [3.63, 3.8) is 0 Å². The van der Waals surface area contributed by atoms with Gasteiger partial charge in [0.15, 0.2) is 12.2 Å². The molecular formula is C22H13N4+. The average molecular weight is 333 g/mol. The molecule has 1 aromatic heterocycles. The Hall–Kier alpha value is -3.89. The second-order valence-electron chi connectivity index (χ2n) is 6.34. The van der Waals surface area contributed by atoms with Crippen LogP contribution in [0.1, 0.15) is 5.56 Å². The Morgan fingerprint density at radius 3 is 2.50 bits per heavy atom. The molecule has 0 spiro atoms. The predicted octanol–water partition coefficient (Wildman–Crippen LogP) is 5.05. The van der Waals surface area contributed by atoms with E-state index in [1.54, 1.807) is 6.07 Å². The van der Waals surface area contributed by atoms with Gasteiger partial charge in [-0.05, 0) is 23.3 Å². The molecule has 0 radical (unpaired) electrons. The summed E-state index contributed by atoms with van der Waals surface area (Å²) in [7, 11) is 0. The maximum Gasteiger partial charge on any atom is 0.224 e. The molecule has 0 atom stereocenters. The first kappa shape index (κ1) is 14.5. The van der Waals surface area contributed by atoms with Crippen LogP contribution in [0.25, 0.3) is 37.4 Å². The molecule has 3 aromatic carbocycles. The molecule has 1 aliphatic heterocycles. The second-order valence-corrected chi connectivity index (χ2v) is 6.34. The Kier molecular flexibility index (Phi) is 2.95. The van der Waals surface area contributed by atoms with Crippen molar-refractivity contribution in [2.45, 2.75) is 6.54 Å². The van der Waals surface area contributed by atoms with Crippen LogP contribution in [-0.4, -0.2) is 4.68 Å². The van der Waals surface area contributed by atoms with Gasteiger partial charge in [0.1, 0.15) is 11.2 Å². The van der Waals surface area contributed by atoms with Crippen molar-refractivity contribution >= 4 is 22.3 Å². The maximum absolute atomic E-state index is 7.59. The summed E-state index contributed by atoms with van der Waals surface area (Å²) in [5.41, 5.74) is 6.25. The molecule has 2 heterocycles. The fourth-order valence-corrected chi connectivity index (χ4v) is 3.71. The maximum atomic E-state index is 7.59. The third-order valence-electron chi connectivity index (χ3n) is 4.90. The van der Waals surface area contributed by atoms with Gasteiger partial charge < -0.3 is 0 Å². The van der Waals surface area contributed by atoms with E-state index in [-0.39, 0.29) is 0 Å². The van der Waals surface area contributed by atoms with E-state index in [1.807, 2.05) is 24.3 Å². The van der Waals surface area contributed by atoms with Gasteiger partial charge in [0, 0.05) is 5.56 Å². The standard InChI is InChI=1S/C22H13N4/c1-23-19-11-10-18-14-25-13-17-9-8-16(15-6-4-3-5-7-15)12-20(17)26(25)22(18)21(19)24-2/h3-12,14H,13H2/q+1. The predicted molar refractivity (Wildman–Crippen MR) is 101 cm³/mol. The quantitative estimate of drug-likeness (QED) is 0.302. The van der Waals surface area contributed by atoms with E-state index in [2.05, 4.69) is 55.6 Å². The first-order chi connectivity index (χ1) is 12.8. The van der Waals surface area contributed by atoms with Gasteiger partial charge in [0.2, 0.25) is 11.9 Å². The summed E-state index contributed by atoms with van der Waals surface area (Å²) in [6.45, 7) is 15.7. The van der Waals surface area contributed by atoms with Gasteiger partial charge in [-0.3, -0.25) is 4.85 Å². The molecule has 0 saturated carbocycles. The van der Waals surface area contributed by atoms with Crippen LogP contribution in [0.3, 0.4) is 0 Å². The molecule has 26 heavy (non-hydrogen) atoms. The molecule has 0 amide bonds. The fraction of sp³-hybridized carbons (Fsp3) is 0.0455. The Labute approximate surface area is 150 Å². The van der Waals surface area contributed by atoms with Crippen LogP contribution in [0.5, 0.6) is 0 Å². The topological polar surface area (TPSA) is 17.5 Å². The van der Waals surface area contributed by atoms with E-state index in [1.165, 1.54) is 5.56 Å². The van der Waals surface area contributed by atoms with Crippen LogP contribution in [0.4, 0.5) is 11.4 Å². The van der Waals surface area contributed by atoms with Gasteiger partial charge in [0.05, 0.1) is 18.5 Å². The zero-order chi connectivity index (χ0) is 17.7. The minimum absolute atomic E-state index is 0.404. The van der Waals surface area contributed by atoms with E-state index < -0.39 is 0 Å². The first-order valence-electron chi connectivity index (χ1n) is 8.32. The molecular weight excluding hydrogens is 320 g/mol. The van der Waals surface area contributed by atoms with Crippen molar-refractivity contribution in [2.75, 3.05) is 0 Å². The molecule has 0 unspecified atom stereocenters. The smallest absolute Gasteiger partial charge is 0.224 e. The summed E-state index contributed by atoms with van der Waals surface area (Å²) in [6, 6.07) is 20.4. The third-order valence-corrected chi connectivity index (χ3v) is 4.90. The lowest BCUT2D eigenvalue weighted by atomic mass is 10.0. The molecule has 4 aromatic rings. The van der Waals surface area contributed by atoms with Crippen molar-refractivity contribution in [3.8, 4) is 16.8 Å². The molecule has 0 bridgehead atoms. The van der Waals surface area contributed by atoms with E-state index >= 15 is 0 Å². The summed E-state index contributed by atoms with van der Waals surface area (Å²) in [5.74, 6) is 0. The lowest BCUT2D eigenvalue weighted by molar-refractivity contribution is -0.749. The van der Waals surface area contributed by atoms with Crippen LogP contribution in [-0.2, 0) is 6.54 Å². The molecule has 4 heteroatoms. The molecule has 1 aliphatic rings. The Morgan fingerprint density at radius 2 is 1.73 bits per heavy atom. The van der Waals surface area contributed by atoms with Gasteiger partial charge in [-0.2, -0.15) is 0 Å². The van der Waals surface area contributed by atoms with Crippen molar-refractivity contribution in [1.82, 2.24) is 4.68 Å². The molecule has 0 aliphatic carbocycles. The Bertz CT molecular complexity index is 1270. The summed E-state index contributed by atoms with van der Waals surface area (Å²) < 4.78 is 4.20. The van der Waals surface area contributed by atoms with E-state index in [0.29, 0.717) is 11.4 Å². The highest BCUT2D eigenvalue weighted by molar-refractivity contribution is 5.99. The Morgan fingerprint density at radius 1 is 0.885 bits per heavy atom. The highest BCUT2D eigenvalue weighted by Gasteiger charge is 2.30. The number of fused-ring (bicyclic) bond motifs is 5. The SMILES string of the molecule is [C-]#[N+]c1ccc2c[n+]3n(c2c1[N+]#[C-])-c1cc(-c2ccccc2)ccc1C3. The van der Waals surface area contributed by atoms with Crippen LogP contribution >= 0.6 is 0 Å². The normalized spacial score (nSPS) is 11.6. The van der Waals surface area contributed by atoms with Crippen LogP contribution in [0, 0.1) is 13.1 Å². The van der Waals surface area contributed by atoms with Gasteiger partial charge in [-0.1, -0.05) is 48.5 Å². The number of hydrogen-bond donors (Lipinski definition) is 0. The van der Waals surface area contributed by atoms with Crippen molar-refractivity contribution in [1.29, 1.82) is 0 Å². The molecule has 0 N–H and O–H groups in total. The molecule has 0 saturated heterocycles. The van der Waals surface area contributed by atoms with Crippen LogP contribution < -0.4 is 4.68 Å². The number of benzene rings is 3. The number of rotatable bonds is 1. The largest absolute Gasteiger partial charge is 0.250 e. The van der Waals surface area contributed by atoms with Crippen molar-refractivity contribution in [3.05, 3.63) is 95.3 Å². The first-order valence-corrected chi connectivity index (χ1v) is 8.32. The van der Waals surface area contributed by atoms with E-state index in [9.17, 15) is 0 Å². The van der Waals surface area contributed by atoms with E-state index in [4.69, 9.17) is 13.1 Å². The monoisotopic (exact) mass is 333 g/mol. The van der Waals surface area contributed by atoms with Gasteiger partial charge >= 0.3 is 0 Å². The summed E-state index contributed by atoms with van der Waals surface area (Å²) in [5, 5.41) is 0.985. The van der Waals surface area contributed by atoms with Crippen molar-refractivity contribution in [2.24, 2.45) is 0 Å². The summed E-state index contributed by atoms with van der Waals surface area (Å²) in [6.07, 6.45) is 2.06. The van der Waals surface area contributed by atoms with Crippen LogP contribution in [0.15, 0.2) is 66.9 Å². The lowest BCUT2D eigenvalue weighted by Crippen LogP contribution is -2.36. The average Bonchev–Trinajstić information content (AvgIpc) is 3.22. The van der Waals surface area contributed by atoms with Gasteiger partial charge in [0.25, 0.3) is 0 Å². The highest BCUT2D eigenvalue weighted by atomic mass is 15.4. The molecule has 0 fully saturated rings. The molecule has 120 valence electrons. The van der Waals surface area contributed by atoms with Crippen molar-refractivity contribution < 1.29 is 4.68 Å². The van der Waals surface area contributed by atoms with Crippen LogP contribution in [0.2, 0.25) is 0 Å². The number of hydrogen-bond acceptors (Lipinski definition) is 0. The Balaban J connectivity index is 1.81. The molecule has 4 nitrogen and oxygen atoms in total. The van der Waals surface area contributed by atoms with Gasteiger partial charge in [-0.15, -0.1) is 9.36 Å². The molecule has 5 rings (SSSR count). The second kappa shape index (κ2) is 5.31. The minimum Gasteiger partial charge on any atom is -0.250 e.